The van der Waals surface area contributed by atoms with Crippen LogP contribution < -0.4 is 11.1 Å². The van der Waals surface area contributed by atoms with Gasteiger partial charge in [0, 0.05) is 11.9 Å². The average Bonchev–Trinajstić information content (AvgIpc) is 3.18. The second-order valence-electron chi connectivity index (χ2n) is 8.08. The van der Waals surface area contributed by atoms with Crippen LogP contribution in [0.2, 0.25) is 0 Å². The van der Waals surface area contributed by atoms with Crippen molar-refractivity contribution in [3.8, 4) is 0 Å². The van der Waals surface area contributed by atoms with E-state index in [0.29, 0.717) is 15.9 Å². The van der Waals surface area contributed by atoms with Gasteiger partial charge in [-0.1, -0.05) is 6.07 Å². The predicted molar refractivity (Wildman–Crippen MR) is 109 cm³/mol. The lowest BCUT2D eigenvalue weighted by Gasteiger charge is -2.42. The highest BCUT2D eigenvalue weighted by atomic mass is 32.2. The summed E-state index contributed by atoms with van der Waals surface area (Å²) >= 11 is 0. The van der Waals surface area contributed by atoms with Gasteiger partial charge in [0.05, 0.1) is 19.0 Å². The summed E-state index contributed by atoms with van der Waals surface area (Å²) in [6.45, 7) is 0.433. The van der Waals surface area contributed by atoms with Gasteiger partial charge in [0.25, 0.3) is 5.91 Å². The maximum Gasteiger partial charge on any atom is 0.333 e. The number of hydrogen-bond acceptors (Lipinski definition) is 7. The van der Waals surface area contributed by atoms with E-state index in [2.05, 4.69) is 15.4 Å². The van der Waals surface area contributed by atoms with Crippen molar-refractivity contribution >= 4 is 27.3 Å². The summed E-state index contributed by atoms with van der Waals surface area (Å²) < 4.78 is 56.0. The molecule has 31 heavy (non-hydrogen) atoms. The van der Waals surface area contributed by atoms with Crippen LogP contribution in [0.1, 0.15) is 42.0 Å². The van der Waals surface area contributed by atoms with Crippen molar-refractivity contribution in [2.24, 2.45) is 10.7 Å². The molecular formula is C19H21F2N5O4S. The topological polar surface area (TPSA) is 129 Å². The fourth-order valence-corrected chi connectivity index (χ4v) is 5.30. The fraction of sp³-hybridized carbons (Fsp3) is 0.421. The Morgan fingerprint density at radius 3 is 2.71 bits per heavy atom. The Labute approximate surface area is 177 Å². The molecule has 1 aromatic heterocycles. The standard InChI is InChI=1S/C19H21F2N5O4S/c1-18(2)16(22)24-19(10-31(18,28)29)9-30-8-11-3-4-12(7-13(11)19)23-15(27)14-5-6-26(25-14)17(20)21/h3-7,17H,8-10H2,1-2H3,(H2,22,24)(H,23,27). The maximum absolute atomic E-state index is 12.9. The Morgan fingerprint density at radius 1 is 1.32 bits per heavy atom. The molecule has 9 nitrogen and oxygen atoms in total. The molecule has 12 heteroatoms. The number of nitrogens with zero attached hydrogens (tertiary/aromatic N) is 3. The number of nitrogens with one attached hydrogen (secondary N) is 1. The Hall–Kier alpha value is -2.86. The zero-order chi connectivity index (χ0) is 22.6. The SMILES string of the molecule is CC1(C)C(N)=NC2(COCc3ccc(NC(=O)c4ccn(C(F)F)n4)cc32)CS1(=O)=O. The van der Waals surface area contributed by atoms with Crippen molar-refractivity contribution in [3.63, 3.8) is 0 Å². The molecule has 0 saturated heterocycles. The quantitative estimate of drug-likeness (QED) is 0.730. The van der Waals surface area contributed by atoms with E-state index in [4.69, 9.17) is 10.5 Å². The van der Waals surface area contributed by atoms with E-state index in [0.717, 1.165) is 11.8 Å². The van der Waals surface area contributed by atoms with Gasteiger partial charge in [0.2, 0.25) is 0 Å². The monoisotopic (exact) mass is 453 g/mol. The van der Waals surface area contributed by atoms with Crippen molar-refractivity contribution in [1.82, 2.24) is 9.78 Å². The van der Waals surface area contributed by atoms with Crippen molar-refractivity contribution in [1.29, 1.82) is 0 Å². The number of alkyl halides is 2. The van der Waals surface area contributed by atoms with Gasteiger partial charge in [-0.3, -0.25) is 9.79 Å². The van der Waals surface area contributed by atoms with Crippen molar-refractivity contribution < 1.29 is 26.7 Å². The second-order valence-corrected chi connectivity index (χ2v) is 10.6. The number of nitrogens with two attached hydrogens (primary N) is 1. The Kier molecular flexibility index (Phi) is 4.89. The number of amidine groups is 1. The highest BCUT2D eigenvalue weighted by molar-refractivity contribution is 7.93. The molecule has 0 aliphatic carbocycles. The first-order valence-electron chi connectivity index (χ1n) is 9.39. The molecule has 4 rings (SSSR count). The Morgan fingerprint density at radius 2 is 2.06 bits per heavy atom. The van der Waals surface area contributed by atoms with Gasteiger partial charge in [-0.15, -0.1) is 0 Å². The minimum Gasteiger partial charge on any atom is -0.386 e. The molecule has 1 aromatic carbocycles. The van der Waals surface area contributed by atoms with Crippen molar-refractivity contribution in [2.75, 3.05) is 17.7 Å². The van der Waals surface area contributed by atoms with Crippen molar-refractivity contribution in [3.05, 3.63) is 47.3 Å². The normalized spacial score (nSPS) is 24.0. The summed E-state index contributed by atoms with van der Waals surface area (Å²) in [6, 6.07) is 6.10. The number of anilines is 1. The summed E-state index contributed by atoms with van der Waals surface area (Å²) in [7, 11) is -3.65. The first kappa shape index (κ1) is 21.4. The smallest absolute Gasteiger partial charge is 0.333 e. The number of hydrogen-bond donors (Lipinski definition) is 2. The van der Waals surface area contributed by atoms with Crippen LogP contribution in [0.3, 0.4) is 0 Å². The summed E-state index contributed by atoms with van der Waals surface area (Å²) in [5.41, 5.74) is 6.27. The molecule has 3 N–H and O–H groups in total. The molecule has 0 saturated carbocycles. The van der Waals surface area contributed by atoms with Crippen LogP contribution in [0.15, 0.2) is 35.5 Å². The fourth-order valence-electron chi connectivity index (χ4n) is 3.65. The average molecular weight is 453 g/mol. The number of aromatic nitrogens is 2. The first-order chi connectivity index (χ1) is 14.4. The third-order valence-electron chi connectivity index (χ3n) is 5.67. The molecule has 1 atom stereocenters. The minimum atomic E-state index is -3.65. The third-order valence-corrected chi connectivity index (χ3v) is 8.29. The first-order valence-corrected chi connectivity index (χ1v) is 11.0. The predicted octanol–water partition coefficient (Wildman–Crippen LogP) is 1.82. The van der Waals surface area contributed by atoms with Gasteiger partial charge in [-0.25, -0.2) is 13.1 Å². The Bertz CT molecular complexity index is 1190. The Balaban J connectivity index is 1.70. The highest BCUT2D eigenvalue weighted by Gasteiger charge is 2.52. The van der Waals surface area contributed by atoms with Gasteiger partial charge in [-0.2, -0.15) is 13.9 Å². The van der Waals surface area contributed by atoms with Crippen LogP contribution >= 0.6 is 0 Å². The molecule has 2 aliphatic heterocycles. The molecule has 1 unspecified atom stereocenters. The van der Waals surface area contributed by atoms with E-state index < -0.39 is 32.6 Å². The van der Waals surface area contributed by atoms with Gasteiger partial charge in [0.1, 0.15) is 16.1 Å². The van der Waals surface area contributed by atoms with Crippen molar-refractivity contribution in [2.45, 2.75) is 37.3 Å². The molecule has 2 aromatic rings. The summed E-state index contributed by atoms with van der Waals surface area (Å²) in [6.07, 6.45) is 1.00. The molecule has 0 fully saturated rings. The number of aliphatic imine (C=N–C) groups is 1. The van der Waals surface area contributed by atoms with Crippen LogP contribution in [0.4, 0.5) is 14.5 Å². The van der Waals surface area contributed by atoms with Gasteiger partial charge < -0.3 is 15.8 Å². The number of fused-ring (bicyclic) bond motifs is 2. The van der Waals surface area contributed by atoms with E-state index in [9.17, 15) is 22.0 Å². The van der Waals surface area contributed by atoms with E-state index >= 15 is 0 Å². The lowest BCUT2D eigenvalue weighted by Crippen LogP contribution is -2.57. The van der Waals surface area contributed by atoms with Crippen LogP contribution in [0.25, 0.3) is 0 Å². The molecule has 3 heterocycles. The number of rotatable bonds is 3. The number of sulfone groups is 1. The summed E-state index contributed by atoms with van der Waals surface area (Å²) in [5.74, 6) is -0.986. The lowest BCUT2D eigenvalue weighted by atomic mass is 9.86. The molecule has 2 aliphatic rings. The van der Waals surface area contributed by atoms with E-state index in [1.54, 1.807) is 18.2 Å². The molecule has 1 amide bonds. The zero-order valence-electron chi connectivity index (χ0n) is 16.8. The molecule has 1 spiro atoms. The van der Waals surface area contributed by atoms with E-state index in [1.165, 1.54) is 19.9 Å². The molecule has 0 bridgehead atoms. The van der Waals surface area contributed by atoms with Crippen LogP contribution in [0.5, 0.6) is 0 Å². The third kappa shape index (κ3) is 3.49. The minimum absolute atomic E-state index is 0.0119. The van der Waals surface area contributed by atoms with Crippen LogP contribution in [-0.2, 0) is 26.7 Å². The summed E-state index contributed by atoms with van der Waals surface area (Å²) in [4.78, 5) is 17.0. The van der Waals surface area contributed by atoms with E-state index in [-0.39, 0.29) is 30.5 Å². The number of carbonyl (C=O) groups excluding carboxylic acids is 1. The van der Waals surface area contributed by atoms with E-state index in [1.807, 2.05) is 0 Å². The van der Waals surface area contributed by atoms with Gasteiger partial charge >= 0.3 is 6.55 Å². The zero-order valence-corrected chi connectivity index (χ0v) is 17.6. The molecular weight excluding hydrogens is 432 g/mol. The number of benzene rings is 1. The summed E-state index contributed by atoms with van der Waals surface area (Å²) in [5, 5.41) is 6.14. The molecule has 166 valence electrons. The largest absolute Gasteiger partial charge is 0.386 e. The second kappa shape index (κ2) is 7.09. The number of amides is 1. The number of halogens is 2. The maximum atomic E-state index is 12.9. The molecule has 0 radical (unpaired) electrons. The lowest BCUT2D eigenvalue weighted by molar-refractivity contribution is 0.0561. The number of ether oxygens (including phenoxy) is 1. The number of carbonyl (C=O) groups is 1. The van der Waals surface area contributed by atoms with Crippen LogP contribution in [-0.4, -0.2) is 47.0 Å². The van der Waals surface area contributed by atoms with Gasteiger partial charge in [-0.05, 0) is 43.2 Å². The van der Waals surface area contributed by atoms with Gasteiger partial charge in [0.15, 0.2) is 15.5 Å². The van der Waals surface area contributed by atoms with Crippen LogP contribution in [0, 0.1) is 0 Å². The highest BCUT2D eigenvalue weighted by Crippen LogP contribution is 2.42.